The Morgan fingerprint density at radius 2 is 1.85 bits per heavy atom. The minimum Gasteiger partial charge on any atom is -0.494 e. The summed E-state index contributed by atoms with van der Waals surface area (Å²) in [6, 6.07) is 18.1. The van der Waals surface area contributed by atoms with Crippen LogP contribution < -0.4 is 10.1 Å². The molecule has 1 saturated carbocycles. The van der Waals surface area contributed by atoms with E-state index < -0.39 is 0 Å². The van der Waals surface area contributed by atoms with Gasteiger partial charge in [0, 0.05) is 31.1 Å². The van der Waals surface area contributed by atoms with Gasteiger partial charge in [-0.15, -0.1) is 5.10 Å². The van der Waals surface area contributed by atoms with Crippen molar-refractivity contribution in [1.82, 2.24) is 20.3 Å². The first-order valence-corrected chi connectivity index (χ1v) is 11.8. The van der Waals surface area contributed by atoms with E-state index in [4.69, 9.17) is 9.47 Å². The molecule has 2 aliphatic rings. The third-order valence-electron chi connectivity index (χ3n) is 6.70. The molecule has 1 saturated heterocycles. The van der Waals surface area contributed by atoms with E-state index in [0.29, 0.717) is 38.0 Å². The van der Waals surface area contributed by atoms with Crippen molar-refractivity contribution in [3.05, 3.63) is 71.5 Å². The van der Waals surface area contributed by atoms with Crippen molar-refractivity contribution in [2.75, 3.05) is 26.4 Å². The standard InChI is InChI=1S/C26H30N4O3/c1-2-33-22-12-10-20(11-13-22)26(14-16-32-17-15-26)18-27-25(31)23-24(19-8-9-19)30(29-28-23)21-6-4-3-5-7-21/h3-7,10-13,19H,2,8-9,14-18H2,1H3,(H,27,31). The predicted molar refractivity (Wildman–Crippen MR) is 125 cm³/mol. The van der Waals surface area contributed by atoms with E-state index in [2.05, 4.69) is 27.8 Å². The van der Waals surface area contributed by atoms with Crippen LogP contribution in [0, 0.1) is 0 Å². The minimum absolute atomic E-state index is 0.157. The quantitative estimate of drug-likeness (QED) is 0.565. The van der Waals surface area contributed by atoms with Crippen LogP contribution in [0.15, 0.2) is 54.6 Å². The van der Waals surface area contributed by atoms with Crippen LogP contribution >= 0.6 is 0 Å². The molecule has 3 aromatic rings. The summed E-state index contributed by atoms with van der Waals surface area (Å²) >= 11 is 0. The van der Waals surface area contributed by atoms with E-state index in [9.17, 15) is 4.79 Å². The molecule has 5 rings (SSSR count). The van der Waals surface area contributed by atoms with E-state index >= 15 is 0 Å². The normalized spacial score (nSPS) is 17.5. The lowest BCUT2D eigenvalue weighted by Gasteiger charge is -2.38. The molecule has 0 atom stereocenters. The Morgan fingerprint density at radius 1 is 1.12 bits per heavy atom. The van der Waals surface area contributed by atoms with E-state index in [0.717, 1.165) is 42.8 Å². The number of ether oxygens (including phenoxy) is 2. The lowest BCUT2D eigenvalue weighted by atomic mass is 9.74. The minimum atomic E-state index is -0.173. The van der Waals surface area contributed by atoms with E-state index in [1.54, 1.807) is 0 Å². The number of nitrogens with one attached hydrogen (secondary N) is 1. The van der Waals surface area contributed by atoms with Crippen molar-refractivity contribution in [2.24, 2.45) is 0 Å². The lowest BCUT2D eigenvalue weighted by Crippen LogP contribution is -2.44. The van der Waals surface area contributed by atoms with E-state index in [1.165, 1.54) is 5.56 Å². The summed E-state index contributed by atoms with van der Waals surface area (Å²) in [4.78, 5) is 13.3. The Kier molecular flexibility index (Phi) is 6.13. The highest BCUT2D eigenvalue weighted by molar-refractivity contribution is 5.93. The molecule has 2 aromatic carbocycles. The third-order valence-corrected chi connectivity index (χ3v) is 6.70. The molecule has 1 aliphatic heterocycles. The highest BCUT2D eigenvalue weighted by Gasteiger charge is 2.37. The maximum atomic E-state index is 13.3. The molecule has 33 heavy (non-hydrogen) atoms. The van der Waals surface area contributed by atoms with Gasteiger partial charge in [0.25, 0.3) is 5.91 Å². The van der Waals surface area contributed by atoms with Gasteiger partial charge in [0.1, 0.15) is 5.75 Å². The Bertz CT molecular complexity index is 1080. The summed E-state index contributed by atoms with van der Waals surface area (Å²) < 4.78 is 13.1. The maximum Gasteiger partial charge on any atom is 0.273 e. The number of carbonyl (C=O) groups is 1. The third kappa shape index (κ3) is 4.50. The fourth-order valence-electron chi connectivity index (χ4n) is 4.67. The van der Waals surface area contributed by atoms with Gasteiger partial charge >= 0.3 is 0 Å². The maximum absolute atomic E-state index is 13.3. The lowest BCUT2D eigenvalue weighted by molar-refractivity contribution is 0.0486. The van der Waals surface area contributed by atoms with Crippen molar-refractivity contribution in [3.63, 3.8) is 0 Å². The number of carbonyl (C=O) groups excluding carboxylic acids is 1. The number of para-hydroxylation sites is 1. The highest BCUT2D eigenvalue weighted by atomic mass is 16.5. The first-order chi connectivity index (χ1) is 16.2. The summed E-state index contributed by atoms with van der Waals surface area (Å²) in [5.41, 5.74) is 3.32. The van der Waals surface area contributed by atoms with Crippen molar-refractivity contribution >= 4 is 5.91 Å². The molecule has 1 aliphatic carbocycles. The SMILES string of the molecule is CCOc1ccc(C2(CNC(=O)c3nnn(-c4ccccc4)c3C3CC3)CCOCC2)cc1. The van der Waals surface area contributed by atoms with Crippen molar-refractivity contribution in [3.8, 4) is 11.4 Å². The average Bonchev–Trinajstić information content (AvgIpc) is 3.61. The van der Waals surface area contributed by atoms with Crippen LogP contribution in [-0.4, -0.2) is 47.3 Å². The zero-order valence-electron chi connectivity index (χ0n) is 19.0. The second kappa shape index (κ2) is 9.35. The van der Waals surface area contributed by atoms with Gasteiger partial charge < -0.3 is 14.8 Å². The van der Waals surface area contributed by atoms with Crippen LogP contribution in [0.3, 0.4) is 0 Å². The zero-order valence-corrected chi connectivity index (χ0v) is 19.0. The van der Waals surface area contributed by atoms with Gasteiger partial charge in [-0.1, -0.05) is 35.5 Å². The summed E-state index contributed by atoms with van der Waals surface area (Å²) in [6.07, 6.45) is 3.84. The second-order valence-corrected chi connectivity index (χ2v) is 8.88. The molecule has 0 spiro atoms. The Balaban J connectivity index is 1.37. The largest absolute Gasteiger partial charge is 0.494 e. The summed E-state index contributed by atoms with van der Waals surface area (Å²) in [7, 11) is 0. The Morgan fingerprint density at radius 3 is 2.52 bits per heavy atom. The predicted octanol–water partition coefficient (Wildman–Crippen LogP) is 4.02. The number of amides is 1. The highest BCUT2D eigenvalue weighted by Crippen LogP contribution is 2.42. The van der Waals surface area contributed by atoms with Crippen molar-refractivity contribution in [2.45, 2.75) is 43.9 Å². The van der Waals surface area contributed by atoms with Gasteiger partial charge in [0.2, 0.25) is 0 Å². The molecule has 1 amide bonds. The van der Waals surface area contributed by atoms with E-state index in [-0.39, 0.29) is 11.3 Å². The van der Waals surface area contributed by atoms with Crippen LogP contribution in [0.25, 0.3) is 5.69 Å². The molecule has 7 nitrogen and oxygen atoms in total. The average molecular weight is 447 g/mol. The van der Waals surface area contributed by atoms with Gasteiger partial charge in [-0.25, -0.2) is 4.68 Å². The topological polar surface area (TPSA) is 78.3 Å². The molecule has 0 unspecified atom stereocenters. The van der Waals surface area contributed by atoms with Crippen LogP contribution in [0.5, 0.6) is 5.75 Å². The Labute approximate surface area is 194 Å². The molecule has 2 heterocycles. The van der Waals surface area contributed by atoms with Crippen LogP contribution in [0.2, 0.25) is 0 Å². The molecule has 2 fully saturated rings. The number of rotatable bonds is 8. The van der Waals surface area contributed by atoms with E-state index in [1.807, 2.05) is 54.1 Å². The molecule has 172 valence electrons. The molecule has 7 heteroatoms. The molecular weight excluding hydrogens is 416 g/mol. The second-order valence-electron chi connectivity index (χ2n) is 8.88. The number of aromatic nitrogens is 3. The fourth-order valence-corrected chi connectivity index (χ4v) is 4.67. The number of nitrogens with zero attached hydrogens (tertiary/aromatic N) is 3. The van der Waals surface area contributed by atoms with Crippen LogP contribution in [0.1, 0.15) is 60.3 Å². The summed E-state index contributed by atoms with van der Waals surface area (Å²) in [5, 5.41) is 11.8. The molecule has 1 aromatic heterocycles. The number of hydrogen-bond donors (Lipinski definition) is 1. The Hall–Kier alpha value is -3.19. The van der Waals surface area contributed by atoms with Crippen LogP contribution in [-0.2, 0) is 10.2 Å². The first-order valence-electron chi connectivity index (χ1n) is 11.8. The van der Waals surface area contributed by atoms with Gasteiger partial charge in [-0.05, 0) is 62.4 Å². The first kappa shape index (κ1) is 21.6. The van der Waals surface area contributed by atoms with Crippen molar-refractivity contribution in [1.29, 1.82) is 0 Å². The molecule has 0 radical (unpaired) electrons. The monoisotopic (exact) mass is 446 g/mol. The zero-order chi connectivity index (χ0) is 22.7. The molecule has 0 bridgehead atoms. The van der Waals surface area contributed by atoms with Crippen LogP contribution in [0.4, 0.5) is 0 Å². The van der Waals surface area contributed by atoms with Crippen molar-refractivity contribution < 1.29 is 14.3 Å². The smallest absolute Gasteiger partial charge is 0.273 e. The molecule has 1 N–H and O–H groups in total. The van der Waals surface area contributed by atoms with Gasteiger partial charge in [-0.2, -0.15) is 0 Å². The molecular formula is C26H30N4O3. The van der Waals surface area contributed by atoms with Gasteiger partial charge in [-0.3, -0.25) is 4.79 Å². The summed E-state index contributed by atoms with van der Waals surface area (Å²) in [5.74, 6) is 1.04. The number of hydrogen-bond acceptors (Lipinski definition) is 5. The summed E-state index contributed by atoms with van der Waals surface area (Å²) in [6.45, 7) is 4.52. The number of benzene rings is 2. The van der Waals surface area contributed by atoms with Gasteiger partial charge in [0.05, 0.1) is 18.0 Å². The fraction of sp³-hybridized carbons (Fsp3) is 0.423. The van der Waals surface area contributed by atoms with Gasteiger partial charge in [0.15, 0.2) is 5.69 Å².